The topological polar surface area (TPSA) is 70.0 Å². The summed E-state index contributed by atoms with van der Waals surface area (Å²) in [7, 11) is 0. The van der Waals surface area contributed by atoms with E-state index in [4.69, 9.17) is 4.74 Å². The van der Waals surface area contributed by atoms with E-state index in [1.54, 1.807) is 6.07 Å². The first-order chi connectivity index (χ1) is 17.8. The lowest BCUT2D eigenvalue weighted by Gasteiger charge is -2.33. The quantitative estimate of drug-likeness (QED) is 0.378. The minimum absolute atomic E-state index is 0.00408. The van der Waals surface area contributed by atoms with E-state index in [0.29, 0.717) is 43.5 Å². The summed E-state index contributed by atoms with van der Waals surface area (Å²) in [5.41, 5.74) is 2.29. The summed E-state index contributed by atoms with van der Waals surface area (Å²) in [6.07, 6.45) is 0.716. The first kappa shape index (κ1) is 26.8. The van der Waals surface area contributed by atoms with E-state index in [9.17, 15) is 23.8 Å². The van der Waals surface area contributed by atoms with Crippen LogP contribution in [0.2, 0.25) is 0 Å². The number of carbonyl (C=O) groups is 1. The average Bonchev–Trinajstić information content (AvgIpc) is 2.89. The first-order valence-corrected chi connectivity index (χ1v) is 12.7. The van der Waals surface area contributed by atoms with E-state index in [-0.39, 0.29) is 36.4 Å². The van der Waals surface area contributed by atoms with Crippen LogP contribution in [-0.2, 0) is 24.2 Å². The highest BCUT2D eigenvalue weighted by Crippen LogP contribution is 2.29. The molecule has 3 atom stereocenters. The maximum absolute atomic E-state index is 13.5. The molecule has 3 unspecified atom stereocenters. The third kappa shape index (κ3) is 7.37. The number of aryl methyl sites for hydroxylation is 2. The second-order valence-electron chi connectivity index (χ2n) is 9.85. The van der Waals surface area contributed by atoms with Gasteiger partial charge in [0, 0.05) is 19.0 Å². The largest absolute Gasteiger partial charge is 0.508 e. The molecule has 4 rings (SSSR count). The Balaban J connectivity index is 1.39. The van der Waals surface area contributed by atoms with Crippen molar-refractivity contribution in [3.63, 3.8) is 0 Å². The van der Waals surface area contributed by atoms with Gasteiger partial charge in [-0.2, -0.15) is 0 Å². The fourth-order valence-electron chi connectivity index (χ4n) is 4.72. The fourth-order valence-corrected chi connectivity index (χ4v) is 4.72. The van der Waals surface area contributed by atoms with Crippen molar-refractivity contribution in [2.75, 3.05) is 13.1 Å². The van der Waals surface area contributed by atoms with Gasteiger partial charge >= 0.3 is 0 Å². The Morgan fingerprint density at radius 1 is 1.08 bits per heavy atom. The summed E-state index contributed by atoms with van der Waals surface area (Å²) in [6.45, 7) is 2.68. The van der Waals surface area contributed by atoms with Crippen molar-refractivity contribution in [1.82, 2.24) is 4.90 Å². The number of hydrogen-bond acceptors (Lipinski definition) is 5. The number of aliphatic hydroxyl groups is 1. The van der Waals surface area contributed by atoms with Gasteiger partial charge in [-0.25, -0.2) is 8.78 Å². The zero-order valence-electron chi connectivity index (χ0n) is 20.9. The van der Waals surface area contributed by atoms with E-state index in [2.05, 4.69) is 0 Å². The highest BCUT2D eigenvalue weighted by Gasteiger charge is 2.29. The Morgan fingerprint density at radius 3 is 2.59 bits per heavy atom. The lowest BCUT2D eigenvalue weighted by atomic mass is 9.96. The molecule has 0 aliphatic carbocycles. The molecule has 1 aliphatic heterocycles. The molecule has 0 saturated heterocycles. The molecule has 7 heteroatoms. The van der Waals surface area contributed by atoms with Crippen LogP contribution in [0.1, 0.15) is 36.5 Å². The van der Waals surface area contributed by atoms with Gasteiger partial charge in [0.1, 0.15) is 41.1 Å². The molecular formula is C30H33F2NO4. The molecule has 0 bridgehead atoms. The molecule has 37 heavy (non-hydrogen) atoms. The van der Waals surface area contributed by atoms with E-state index in [1.165, 1.54) is 30.3 Å². The molecule has 3 aromatic rings. The summed E-state index contributed by atoms with van der Waals surface area (Å²) >= 11 is 0. The number of halogens is 2. The van der Waals surface area contributed by atoms with Crippen LogP contribution in [0.4, 0.5) is 8.78 Å². The monoisotopic (exact) mass is 509 g/mol. The van der Waals surface area contributed by atoms with Gasteiger partial charge in [-0.3, -0.25) is 9.69 Å². The highest BCUT2D eigenvalue weighted by atomic mass is 19.1. The Hall–Kier alpha value is -3.29. The second-order valence-corrected chi connectivity index (χ2v) is 9.85. The number of Topliss-reactive ketones (excluding diaryl/α,β-unsaturated/α-hetero) is 1. The first-order valence-electron chi connectivity index (χ1n) is 12.7. The molecule has 196 valence electrons. The number of nitrogens with zero attached hydrogens (tertiary/aromatic N) is 1. The van der Waals surface area contributed by atoms with E-state index in [0.717, 1.165) is 11.1 Å². The number of rotatable bonds is 11. The summed E-state index contributed by atoms with van der Waals surface area (Å²) in [5, 5.41) is 21.0. The standard InChI is InChI=1S/C30H33F2NO4/c1-20(7-8-22-15-24(31)10-12-26(22)34)27(35)18-33(17-21-5-3-2-4-6-21)19-28(36)30-13-9-23-16-25(32)11-14-29(23)37-30/h2-6,10-12,14-16,20,28,30,34,36H,7-9,13,17-19H2,1H3. The molecule has 0 radical (unpaired) electrons. The van der Waals surface area contributed by atoms with Crippen molar-refractivity contribution in [2.45, 2.75) is 51.4 Å². The lowest BCUT2D eigenvalue weighted by molar-refractivity contribution is -0.124. The second kappa shape index (κ2) is 12.3. The van der Waals surface area contributed by atoms with Gasteiger partial charge in [-0.05, 0) is 78.8 Å². The molecule has 0 aromatic heterocycles. The van der Waals surface area contributed by atoms with Gasteiger partial charge in [0.15, 0.2) is 0 Å². The van der Waals surface area contributed by atoms with Crippen molar-refractivity contribution in [3.05, 3.63) is 95.1 Å². The molecule has 1 heterocycles. The zero-order valence-corrected chi connectivity index (χ0v) is 20.9. The number of phenolic OH excluding ortho intramolecular Hbond substituents is 1. The number of hydrogen-bond donors (Lipinski definition) is 2. The number of ketones is 1. The molecule has 2 N–H and O–H groups in total. The Morgan fingerprint density at radius 2 is 1.81 bits per heavy atom. The zero-order chi connectivity index (χ0) is 26.4. The Bertz CT molecular complexity index is 1200. The van der Waals surface area contributed by atoms with Gasteiger partial charge in [0.25, 0.3) is 0 Å². The summed E-state index contributed by atoms with van der Waals surface area (Å²) in [5.74, 6) is -0.443. The van der Waals surface area contributed by atoms with Gasteiger partial charge in [-0.15, -0.1) is 0 Å². The summed E-state index contributed by atoms with van der Waals surface area (Å²) < 4.78 is 33.1. The minimum Gasteiger partial charge on any atom is -0.508 e. The molecule has 0 amide bonds. The van der Waals surface area contributed by atoms with Crippen LogP contribution in [0.25, 0.3) is 0 Å². The number of aliphatic hydroxyl groups excluding tert-OH is 1. The van der Waals surface area contributed by atoms with Crippen LogP contribution in [0.15, 0.2) is 66.7 Å². The summed E-state index contributed by atoms with van der Waals surface area (Å²) in [4.78, 5) is 15.1. The Labute approximate surface area is 216 Å². The van der Waals surface area contributed by atoms with E-state index < -0.39 is 18.0 Å². The van der Waals surface area contributed by atoms with Crippen LogP contribution in [-0.4, -0.2) is 46.2 Å². The number of carbonyl (C=O) groups excluding carboxylic acids is 1. The van der Waals surface area contributed by atoms with Crippen LogP contribution >= 0.6 is 0 Å². The number of benzene rings is 3. The molecular weight excluding hydrogens is 476 g/mol. The number of phenols is 1. The van der Waals surface area contributed by atoms with Crippen molar-refractivity contribution in [1.29, 1.82) is 0 Å². The van der Waals surface area contributed by atoms with Crippen molar-refractivity contribution >= 4 is 5.78 Å². The number of aromatic hydroxyl groups is 1. The molecule has 5 nitrogen and oxygen atoms in total. The fraction of sp³-hybridized carbons (Fsp3) is 0.367. The normalized spacial score (nSPS) is 16.6. The van der Waals surface area contributed by atoms with Gasteiger partial charge in [0.05, 0.1) is 6.54 Å². The van der Waals surface area contributed by atoms with Crippen molar-refractivity contribution in [3.8, 4) is 11.5 Å². The number of fused-ring (bicyclic) bond motifs is 1. The predicted octanol–water partition coefficient (Wildman–Crippen LogP) is 5.07. The van der Waals surface area contributed by atoms with Crippen LogP contribution < -0.4 is 4.74 Å². The third-order valence-electron chi connectivity index (χ3n) is 6.94. The van der Waals surface area contributed by atoms with Crippen LogP contribution in [0, 0.1) is 17.6 Å². The average molecular weight is 510 g/mol. The SMILES string of the molecule is CC(CCc1cc(F)ccc1O)C(=O)CN(Cc1ccccc1)CC(O)C1CCc2cc(F)ccc2O1. The van der Waals surface area contributed by atoms with Crippen LogP contribution in [0.5, 0.6) is 11.5 Å². The lowest BCUT2D eigenvalue weighted by Crippen LogP contribution is -2.45. The minimum atomic E-state index is -0.839. The molecule has 0 fully saturated rings. The van der Waals surface area contributed by atoms with Crippen LogP contribution in [0.3, 0.4) is 0 Å². The molecule has 0 saturated carbocycles. The molecule has 0 spiro atoms. The van der Waals surface area contributed by atoms with Crippen molar-refractivity contribution in [2.24, 2.45) is 5.92 Å². The number of ether oxygens (including phenoxy) is 1. The molecule has 3 aromatic carbocycles. The van der Waals surface area contributed by atoms with Crippen molar-refractivity contribution < 1.29 is 28.5 Å². The smallest absolute Gasteiger partial charge is 0.149 e. The third-order valence-corrected chi connectivity index (χ3v) is 6.94. The van der Waals surface area contributed by atoms with E-state index in [1.807, 2.05) is 42.2 Å². The molecule has 1 aliphatic rings. The van der Waals surface area contributed by atoms with Gasteiger partial charge in [-0.1, -0.05) is 37.3 Å². The maximum atomic E-state index is 13.5. The maximum Gasteiger partial charge on any atom is 0.149 e. The Kier molecular flexibility index (Phi) is 8.90. The summed E-state index contributed by atoms with van der Waals surface area (Å²) in [6, 6.07) is 17.9. The predicted molar refractivity (Wildman–Crippen MR) is 137 cm³/mol. The highest BCUT2D eigenvalue weighted by molar-refractivity contribution is 5.82. The van der Waals surface area contributed by atoms with Gasteiger partial charge in [0.2, 0.25) is 0 Å². The van der Waals surface area contributed by atoms with Gasteiger partial charge < -0.3 is 14.9 Å². The van der Waals surface area contributed by atoms with E-state index >= 15 is 0 Å².